The number of Topliss-reactive ketones (excluding diaryl/α,β-unsaturated/α-hetero) is 1. The number of methoxy groups -OCH3 is 1. The quantitative estimate of drug-likeness (QED) is 0.475. The molecule has 1 amide bonds. The van der Waals surface area contributed by atoms with E-state index in [0.717, 1.165) is 31.4 Å². The van der Waals surface area contributed by atoms with Crippen LogP contribution < -0.4 is 15.7 Å². The molecule has 2 unspecified atom stereocenters. The third kappa shape index (κ3) is 5.95. The highest BCUT2D eigenvalue weighted by Gasteiger charge is 2.39. The normalized spacial score (nSPS) is 19.3. The highest BCUT2D eigenvalue weighted by molar-refractivity contribution is 5.81. The standard InChI is InChI=1S/C29H36N6O4/c1-29(2,3)31-27(37)17-26-32-35(28(38)34(26)22-6-5-7-24(16-22)39-4)25-11-8-19(18-30-25)12-13-33-20-9-10-21(33)15-23(36)14-20/h5-8,11,16,18,20-21H,9-10,12-15,17H2,1-4H3,(H,31,37). The minimum absolute atomic E-state index is 0.0739. The second kappa shape index (κ2) is 10.8. The van der Waals surface area contributed by atoms with Gasteiger partial charge < -0.3 is 10.1 Å². The summed E-state index contributed by atoms with van der Waals surface area (Å²) >= 11 is 0. The molecule has 0 spiro atoms. The summed E-state index contributed by atoms with van der Waals surface area (Å²) in [5.41, 5.74) is 0.772. The highest BCUT2D eigenvalue weighted by Crippen LogP contribution is 2.33. The average Bonchev–Trinajstić information content (AvgIpc) is 3.33. The second-order valence-corrected chi connectivity index (χ2v) is 11.5. The third-order valence-electron chi connectivity index (χ3n) is 7.37. The maximum Gasteiger partial charge on any atom is 0.356 e. The Balaban J connectivity index is 1.39. The highest BCUT2D eigenvalue weighted by atomic mass is 16.5. The van der Waals surface area contributed by atoms with Gasteiger partial charge in [-0.05, 0) is 63.8 Å². The Morgan fingerprint density at radius 1 is 1.10 bits per heavy atom. The summed E-state index contributed by atoms with van der Waals surface area (Å²) in [4.78, 5) is 45.3. The van der Waals surface area contributed by atoms with Crippen molar-refractivity contribution in [3.63, 3.8) is 0 Å². The summed E-state index contributed by atoms with van der Waals surface area (Å²) in [5.74, 6) is 1.42. The van der Waals surface area contributed by atoms with Crippen LogP contribution in [-0.4, -0.2) is 67.2 Å². The Hall–Kier alpha value is -3.79. The third-order valence-corrected chi connectivity index (χ3v) is 7.37. The monoisotopic (exact) mass is 532 g/mol. The van der Waals surface area contributed by atoms with Gasteiger partial charge in [-0.2, -0.15) is 4.68 Å². The zero-order valence-corrected chi connectivity index (χ0v) is 23.0. The Labute approximate surface area is 228 Å². The molecular weight excluding hydrogens is 496 g/mol. The van der Waals surface area contributed by atoms with Gasteiger partial charge in [0.05, 0.1) is 19.2 Å². The number of pyridine rings is 1. The largest absolute Gasteiger partial charge is 0.497 e. The summed E-state index contributed by atoms with van der Waals surface area (Å²) in [6.07, 6.45) is 6.06. The van der Waals surface area contributed by atoms with Crippen LogP contribution in [0.3, 0.4) is 0 Å². The van der Waals surface area contributed by atoms with Gasteiger partial charge in [-0.25, -0.2) is 14.3 Å². The molecule has 2 aliphatic heterocycles. The average molecular weight is 533 g/mol. The Morgan fingerprint density at radius 2 is 1.85 bits per heavy atom. The number of ether oxygens (including phenoxy) is 1. The van der Waals surface area contributed by atoms with Crippen molar-refractivity contribution in [2.24, 2.45) is 0 Å². The van der Waals surface area contributed by atoms with Crippen molar-refractivity contribution in [1.29, 1.82) is 0 Å². The van der Waals surface area contributed by atoms with Crippen molar-refractivity contribution >= 4 is 11.7 Å². The number of fused-ring (bicyclic) bond motifs is 2. The molecule has 39 heavy (non-hydrogen) atoms. The van der Waals surface area contributed by atoms with Gasteiger partial charge in [-0.1, -0.05) is 12.1 Å². The van der Waals surface area contributed by atoms with Gasteiger partial charge >= 0.3 is 5.69 Å². The van der Waals surface area contributed by atoms with Crippen molar-refractivity contribution < 1.29 is 14.3 Å². The molecule has 1 N–H and O–H groups in total. The first-order chi connectivity index (χ1) is 18.6. The number of aromatic nitrogens is 4. The lowest BCUT2D eigenvalue weighted by atomic mass is 10.0. The lowest BCUT2D eigenvalue weighted by Crippen LogP contribution is -2.44. The number of carbonyl (C=O) groups is 2. The van der Waals surface area contributed by atoms with Gasteiger partial charge in [0.1, 0.15) is 17.4 Å². The molecule has 0 aliphatic carbocycles. The summed E-state index contributed by atoms with van der Waals surface area (Å²) in [6.45, 7) is 6.60. The van der Waals surface area contributed by atoms with Gasteiger partial charge in [0.2, 0.25) is 5.91 Å². The van der Waals surface area contributed by atoms with E-state index in [1.165, 1.54) is 9.25 Å². The zero-order chi connectivity index (χ0) is 27.7. The topological polar surface area (TPSA) is 111 Å². The fraction of sp³-hybridized carbons (Fsp3) is 0.483. The number of ketones is 1. The molecule has 206 valence electrons. The minimum Gasteiger partial charge on any atom is -0.497 e. The van der Waals surface area contributed by atoms with Crippen LogP contribution in [0.4, 0.5) is 0 Å². The van der Waals surface area contributed by atoms with Crippen molar-refractivity contribution in [3.8, 4) is 17.3 Å². The molecule has 2 aliphatic rings. The maximum atomic E-state index is 13.6. The first kappa shape index (κ1) is 26.8. The smallest absolute Gasteiger partial charge is 0.356 e. The molecule has 3 aromatic rings. The van der Waals surface area contributed by atoms with Crippen LogP contribution >= 0.6 is 0 Å². The van der Waals surface area contributed by atoms with E-state index in [1.54, 1.807) is 43.6 Å². The molecule has 2 saturated heterocycles. The maximum absolute atomic E-state index is 13.6. The summed E-state index contributed by atoms with van der Waals surface area (Å²) in [5, 5.41) is 7.46. The van der Waals surface area contributed by atoms with E-state index < -0.39 is 11.2 Å². The number of benzene rings is 1. The molecule has 0 saturated carbocycles. The Bertz CT molecular complexity index is 1400. The van der Waals surface area contributed by atoms with Crippen molar-refractivity contribution in [2.45, 2.75) is 76.9 Å². The van der Waals surface area contributed by atoms with Gasteiger partial charge in [0, 0.05) is 49.3 Å². The molecular formula is C29H36N6O4. The molecule has 2 atom stereocenters. The summed E-state index contributed by atoms with van der Waals surface area (Å²) in [7, 11) is 1.56. The van der Waals surface area contributed by atoms with Crippen molar-refractivity contribution in [3.05, 3.63) is 64.5 Å². The first-order valence-electron chi connectivity index (χ1n) is 13.5. The van der Waals surface area contributed by atoms with Crippen LogP contribution in [0.1, 0.15) is 57.8 Å². The number of hydrogen-bond acceptors (Lipinski definition) is 7. The van der Waals surface area contributed by atoms with Gasteiger partial charge in [0.15, 0.2) is 5.82 Å². The van der Waals surface area contributed by atoms with Crippen molar-refractivity contribution in [1.82, 2.24) is 29.5 Å². The number of nitrogens with one attached hydrogen (secondary N) is 1. The molecule has 2 bridgehead atoms. The van der Waals surface area contributed by atoms with Crippen LogP contribution in [0.25, 0.3) is 11.5 Å². The van der Waals surface area contributed by atoms with E-state index in [1.807, 2.05) is 26.8 Å². The van der Waals surface area contributed by atoms with E-state index in [0.29, 0.717) is 53.8 Å². The lowest BCUT2D eigenvalue weighted by Gasteiger charge is -2.33. The number of rotatable bonds is 8. The molecule has 4 heterocycles. The molecule has 10 heteroatoms. The van der Waals surface area contributed by atoms with E-state index in [4.69, 9.17) is 4.74 Å². The fourth-order valence-corrected chi connectivity index (χ4v) is 5.66. The summed E-state index contributed by atoms with van der Waals surface area (Å²) in [6, 6.07) is 11.6. The number of amides is 1. The van der Waals surface area contributed by atoms with Crippen LogP contribution in [0.5, 0.6) is 5.75 Å². The van der Waals surface area contributed by atoms with Crippen LogP contribution in [0.2, 0.25) is 0 Å². The molecule has 2 fully saturated rings. The predicted octanol–water partition coefficient (Wildman–Crippen LogP) is 2.62. The van der Waals surface area contributed by atoms with E-state index in [2.05, 4.69) is 20.3 Å². The minimum atomic E-state index is -0.420. The zero-order valence-electron chi connectivity index (χ0n) is 23.0. The van der Waals surface area contributed by atoms with Gasteiger partial charge in [0.25, 0.3) is 0 Å². The lowest BCUT2D eigenvalue weighted by molar-refractivity contribution is -0.124. The van der Waals surface area contributed by atoms with Crippen LogP contribution in [-0.2, 0) is 22.4 Å². The Kier molecular flexibility index (Phi) is 7.40. The second-order valence-electron chi connectivity index (χ2n) is 11.5. The summed E-state index contributed by atoms with van der Waals surface area (Å²) < 4.78 is 8.00. The fourth-order valence-electron chi connectivity index (χ4n) is 5.66. The molecule has 2 aromatic heterocycles. The van der Waals surface area contributed by atoms with E-state index in [9.17, 15) is 14.4 Å². The molecule has 10 nitrogen and oxygen atoms in total. The number of hydrogen-bond donors (Lipinski definition) is 1. The number of carbonyl (C=O) groups excluding carboxylic acids is 2. The van der Waals surface area contributed by atoms with Gasteiger partial charge in [-0.15, -0.1) is 5.10 Å². The SMILES string of the molecule is COc1cccc(-n2c(CC(=O)NC(C)(C)C)nn(-c3ccc(CCN4C5CCC4CC(=O)C5)cn3)c2=O)c1. The first-order valence-corrected chi connectivity index (χ1v) is 13.5. The molecule has 0 radical (unpaired) electrons. The predicted molar refractivity (Wildman–Crippen MR) is 147 cm³/mol. The molecule has 1 aromatic carbocycles. The Morgan fingerprint density at radius 3 is 2.49 bits per heavy atom. The number of piperidine rings is 1. The van der Waals surface area contributed by atoms with Crippen LogP contribution in [0.15, 0.2) is 47.4 Å². The van der Waals surface area contributed by atoms with E-state index in [-0.39, 0.29) is 12.3 Å². The number of nitrogens with zero attached hydrogens (tertiary/aromatic N) is 5. The van der Waals surface area contributed by atoms with Crippen molar-refractivity contribution in [2.75, 3.05) is 13.7 Å². The molecule has 5 rings (SSSR count). The van der Waals surface area contributed by atoms with Gasteiger partial charge in [-0.3, -0.25) is 14.5 Å². The van der Waals surface area contributed by atoms with E-state index >= 15 is 0 Å². The van der Waals surface area contributed by atoms with Crippen LogP contribution in [0, 0.1) is 0 Å².